The fourth-order valence-electron chi connectivity index (χ4n) is 5.14. The summed E-state index contributed by atoms with van der Waals surface area (Å²) in [6.07, 6.45) is 4.20. The van der Waals surface area contributed by atoms with Crippen molar-refractivity contribution in [3.05, 3.63) is 82.9 Å². The lowest BCUT2D eigenvalue weighted by Crippen LogP contribution is -2.48. The van der Waals surface area contributed by atoms with Crippen LogP contribution in [0.25, 0.3) is 10.8 Å². The summed E-state index contributed by atoms with van der Waals surface area (Å²) in [6.45, 7) is 6.61. The maximum Gasteiger partial charge on any atom is 0.251 e. The van der Waals surface area contributed by atoms with Gasteiger partial charge in [-0.1, -0.05) is 62.4 Å². The lowest BCUT2D eigenvalue weighted by Gasteiger charge is -2.25. The van der Waals surface area contributed by atoms with E-state index < -0.39 is 0 Å². The van der Waals surface area contributed by atoms with Gasteiger partial charge in [0.25, 0.3) is 5.91 Å². The number of fused-ring (bicyclic) bond motifs is 1. The Morgan fingerprint density at radius 3 is 2.41 bits per heavy atom. The molecule has 1 aliphatic heterocycles. The zero-order valence-corrected chi connectivity index (χ0v) is 22.1. The lowest BCUT2D eigenvalue weighted by molar-refractivity contribution is -0.133. The first-order valence-corrected chi connectivity index (χ1v) is 13.6. The Morgan fingerprint density at radius 2 is 1.70 bits per heavy atom. The van der Waals surface area contributed by atoms with E-state index in [-0.39, 0.29) is 23.9 Å². The van der Waals surface area contributed by atoms with Crippen LogP contribution in [0.5, 0.6) is 0 Å². The van der Waals surface area contributed by atoms with Crippen LogP contribution in [0, 0.1) is 0 Å². The number of carbonyl (C=O) groups excluding carboxylic acids is 2. The number of benzene rings is 3. The third-order valence-electron chi connectivity index (χ3n) is 7.31. The smallest absolute Gasteiger partial charge is 0.251 e. The van der Waals surface area contributed by atoms with E-state index >= 15 is 0 Å². The van der Waals surface area contributed by atoms with Crippen LogP contribution >= 0.6 is 0 Å². The van der Waals surface area contributed by atoms with Gasteiger partial charge in [0.15, 0.2) is 0 Å². The molecule has 4 rings (SSSR count). The molecule has 1 heterocycles. The molecule has 0 aromatic heterocycles. The van der Waals surface area contributed by atoms with Gasteiger partial charge in [0.2, 0.25) is 5.91 Å². The van der Waals surface area contributed by atoms with Crippen LogP contribution in [0.1, 0.15) is 60.2 Å². The maximum atomic E-state index is 13.5. The van der Waals surface area contributed by atoms with Crippen LogP contribution in [-0.2, 0) is 24.2 Å². The van der Waals surface area contributed by atoms with Gasteiger partial charge in [0, 0.05) is 31.2 Å². The Balaban J connectivity index is 1.44. The normalized spacial score (nSPS) is 18.1. The first kappa shape index (κ1) is 26.8. The highest BCUT2D eigenvalue weighted by atomic mass is 16.2. The minimum absolute atomic E-state index is 0.00862. The van der Waals surface area contributed by atoms with Crippen molar-refractivity contribution < 1.29 is 9.59 Å². The first-order chi connectivity index (χ1) is 18.0. The van der Waals surface area contributed by atoms with E-state index in [0.29, 0.717) is 38.2 Å². The van der Waals surface area contributed by atoms with Gasteiger partial charge in [-0.15, -0.1) is 0 Å². The number of nitrogens with zero attached hydrogens (tertiary/aromatic N) is 1. The second-order valence-corrected chi connectivity index (χ2v) is 10.0. The largest absolute Gasteiger partial charge is 0.350 e. The van der Waals surface area contributed by atoms with Crippen molar-refractivity contribution >= 4 is 22.6 Å². The average Bonchev–Trinajstić information content (AvgIpc) is 3.08. The molecule has 3 aromatic rings. The Kier molecular flexibility index (Phi) is 9.31. The van der Waals surface area contributed by atoms with Crippen molar-refractivity contribution in [2.24, 2.45) is 5.73 Å². The molecule has 1 fully saturated rings. The van der Waals surface area contributed by atoms with Gasteiger partial charge in [-0.3, -0.25) is 9.59 Å². The number of amides is 2. The SMILES string of the molecule is CCc1cc(CC)cc(CN2CC[C@H](CNC(=O)c3ccc4ccccc4c3)N[C@H](CCCN)C2=O)c1. The number of rotatable bonds is 10. The molecule has 0 unspecified atom stereocenters. The highest BCUT2D eigenvalue weighted by Crippen LogP contribution is 2.19. The molecule has 3 aromatic carbocycles. The van der Waals surface area contributed by atoms with E-state index in [1.807, 2.05) is 47.4 Å². The monoisotopic (exact) mass is 500 g/mol. The van der Waals surface area contributed by atoms with Gasteiger partial charge in [-0.05, 0) is 78.2 Å². The molecule has 6 nitrogen and oxygen atoms in total. The standard InChI is InChI=1S/C31H40N4O2/c1-3-22-16-23(4-2)18-24(17-22)21-35-15-13-28(34-29(31(35)37)10-7-14-32)20-33-30(36)27-12-11-25-8-5-6-9-26(25)19-27/h5-6,8-9,11-12,16-19,28-29,34H,3-4,7,10,13-15,20-21,32H2,1-2H3,(H,33,36)/t28-,29-/m1/s1. The molecule has 0 radical (unpaired) electrons. The Hall–Kier alpha value is -3.22. The van der Waals surface area contributed by atoms with Crippen molar-refractivity contribution in [1.82, 2.24) is 15.5 Å². The summed E-state index contributed by atoms with van der Waals surface area (Å²) in [6, 6.07) is 20.2. The van der Waals surface area contributed by atoms with Crippen LogP contribution < -0.4 is 16.4 Å². The molecule has 4 N–H and O–H groups in total. The third kappa shape index (κ3) is 6.96. The summed E-state index contributed by atoms with van der Waals surface area (Å²) in [5.74, 6) is 0.0266. The number of nitrogens with one attached hydrogen (secondary N) is 2. The summed E-state index contributed by atoms with van der Waals surface area (Å²) < 4.78 is 0. The molecule has 6 heteroatoms. The second-order valence-electron chi connectivity index (χ2n) is 10.0. The van der Waals surface area contributed by atoms with E-state index in [0.717, 1.165) is 36.5 Å². The Labute approximate surface area is 220 Å². The van der Waals surface area contributed by atoms with Crippen molar-refractivity contribution in [1.29, 1.82) is 0 Å². The van der Waals surface area contributed by atoms with Crippen LogP contribution in [0.2, 0.25) is 0 Å². The topological polar surface area (TPSA) is 87.5 Å². The van der Waals surface area contributed by atoms with Gasteiger partial charge in [-0.2, -0.15) is 0 Å². The quantitative estimate of drug-likeness (QED) is 0.390. The molecular formula is C31H40N4O2. The second kappa shape index (κ2) is 12.8. The molecular weight excluding hydrogens is 460 g/mol. The number of hydrogen-bond acceptors (Lipinski definition) is 4. The minimum Gasteiger partial charge on any atom is -0.350 e. The molecule has 0 saturated carbocycles. The zero-order chi connectivity index (χ0) is 26.2. The van der Waals surface area contributed by atoms with Gasteiger partial charge < -0.3 is 21.3 Å². The van der Waals surface area contributed by atoms with Gasteiger partial charge >= 0.3 is 0 Å². The summed E-state index contributed by atoms with van der Waals surface area (Å²) >= 11 is 0. The molecule has 0 aliphatic carbocycles. The van der Waals surface area contributed by atoms with Crippen molar-refractivity contribution in [2.45, 2.75) is 64.6 Å². The van der Waals surface area contributed by atoms with Crippen molar-refractivity contribution in [3.8, 4) is 0 Å². The number of hydrogen-bond donors (Lipinski definition) is 3. The fraction of sp³-hybridized carbons (Fsp3) is 0.419. The van der Waals surface area contributed by atoms with E-state index in [1.165, 1.54) is 16.7 Å². The molecule has 2 atom stereocenters. The lowest BCUT2D eigenvalue weighted by atomic mass is 10.0. The van der Waals surface area contributed by atoms with E-state index in [4.69, 9.17) is 5.73 Å². The number of aryl methyl sites for hydroxylation is 2. The average molecular weight is 501 g/mol. The summed E-state index contributed by atoms with van der Waals surface area (Å²) in [5, 5.41) is 8.79. The first-order valence-electron chi connectivity index (χ1n) is 13.6. The fourth-order valence-corrected chi connectivity index (χ4v) is 5.14. The molecule has 37 heavy (non-hydrogen) atoms. The third-order valence-corrected chi connectivity index (χ3v) is 7.31. The van der Waals surface area contributed by atoms with Crippen LogP contribution in [0.3, 0.4) is 0 Å². The molecule has 1 aliphatic rings. The van der Waals surface area contributed by atoms with Gasteiger partial charge in [0.05, 0.1) is 6.04 Å². The predicted molar refractivity (Wildman–Crippen MR) is 151 cm³/mol. The van der Waals surface area contributed by atoms with Crippen molar-refractivity contribution in [3.63, 3.8) is 0 Å². The summed E-state index contributed by atoms with van der Waals surface area (Å²) in [7, 11) is 0. The predicted octanol–water partition coefficient (Wildman–Crippen LogP) is 4.19. The van der Waals surface area contributed by atoms with Crippen LogP contribution in [-0.4, -0.2) is 48.4 Å². The highest BCUT2D eigenvalue weighted by molar-refractivity contribution is 5.98. The Bertz CT molecular complexity index is 1200. The van der Waals surface area contributed by atoms with Gasteiger partial charge in [0.1, 0.15) is 0 Å². The van der Waals surface area contributed by atoms with Crippen molar-refractivity contribution in [2.75, 3.05) is 19.6 Å². The number of nitrogens with two attached hydrogens (primary N) is 1. The zero-order valence-electron chi connectivity index (χ0n) is 22.1. The molecule has 1 saturated heterocycles. The molecule has 0 bridgehead atoms. The minimum atomic E-state index is -0.298. The van der Waals surface area contributed by atoms with Crippen LogP contribution in [0.4, 0.5) is 0 Å². The van der Waals surface area contributed by atoms with E-state index in [1.54, 1.807) is 0 Å². The highest BCUT2D eigenvalue weighted by Gasteiger charge is 2.30. The Morgan fingerprint density at radius 1 is 1.00 bits per heavy atom. The van der Waals surface area contributed by atoms with E-state index in [2.05, 4.69) is 42.7 Å². The molecule has 0 spiro atoms. The van der Waals surface area contributed by atoms with Crippen LogP contribution in [0.15, 0.2) is 60.7 Å². The summed E-state index contributed by atoms with van der Waals surface area (Å²) in [5.41, 5.74) is 10.2. The van der Waals surface area contributed by atoms with E-state index in [9.17, 15) is 9.59 Å². The summed E-state index contributed by atoms with van der Waals surface area (Å²) in [4.78, 5) is 28.4. The molecule has 196 valence electrons. The number of carbonyl (C=O) groups is 2. The van der Waals surface area contributed by atoms with Gasteiger partial charge in [-0.25, -0.2) is 0 Å². The maximum absolute atomic E-state index is 13.5. The molecule has 2 amide bonds.